The van der Waals surface area contributed by atoms with Crippen molar-refractivity contribution in [3.05, 3.63) is 59.4 Å². The highest BCUT2D eigenvalue weighted by atomic mass is 32.1. The van der Waals surface area contributed by atoms with Crippen LogP contribution >= 0.6 is 12.2 Å². The lowest BCUT2D eigenvalue weighted by molar-refractivity contribution is 0.00466. The molecule has 2 aromatic carbocycles. The summed E-state index contributed by atoms with van der Waals surface area (Å²) in [6, 6.07) is 17.5. The Balaban J connectivity index is 1.40. The maximum Gasteiger partial charge on any atom is 0.200 e. The first-order valence-electron chi connectivity index (χ1n) is 9.65. The van der Waals surface area contributed by atoms with Gasteiger partial charge < -0.3 is 14.6 Å². The van der Waals surface area contributed by atoms with Crippen LogP contribution in [0.25, 0.3) is 17.1 Å². The minimum atomic E-state index is -0.540. The van der Waals surface area contributed by atoms with Gasteiger partial charge in [0.1, 0.15) is 18.5 Å². The number of rotatable bonds is 7. The molecule has 1 saturated heterocycles. The zero-order valence-corrected chi connectivity index (χ0v) is 16.8. The van der Waals surface area contributed by atoms with Crippen LogP contribution in [0.5, 0.6) is 5.75 Å². The fraction of sp³-hybridized carbons (Fsp3) is 0.333. The van der Waals surface area contributed by atoms with Crippen molar-refractivity contribution in [2.45, 2.75) is 6.10 Å². The molecule has 2 heterocycles. The summed E-state index contributed by atoms with van der Waals surface area (Å²) in [4.78, 5) is 2.19. The average molecular weight is 413 g/mol. The number of β-amino-alcohol motifs (C(OH)–C–C–N with tert-alkyl or cyclic N) is 1. The minimum absolute atomic E-state index is 0.249. The maximum absolute atomic E-state index is 10.2. The molecule has 2 N–H and O–H groups in total. The predicted octanol–water partition coefficient (Wildman–Crippen LogP) is 2.67. The van der Waals surface area contributed by atoms with E-state index < -0.39 is 6.10 Å². The SMILES string of the molecule is OC(COc1ccc(-c2n[nH]c(=S)n2-c2ccccc2)cc1)CN1CCOCC1. The number of ether oxygens (including phenoxy) is 2. The Morgan fingerprint density at radius 3 is 2.55 bits per heavy atom. The van der Waals surface area contributed by atoms with Crippen LogP contribution in [-0.2, 0) is 4.74 Å². The summed E-state index contributed by atoms with van der Waals surface area (Å²) >= 11 is 5.40. The third kappa shape index (κ3) is 4.91. The highest BCUT2D eigenvalue weighted by Crippen LogP contribution is 2.24. The van der Waals surface area contributed by atoms with Gasteiger partial charge in [-0.05, 0) is 48.6 Å². The van der Waals surface area contributed by atoms with E-state index >= 15 is 0 Å². The topological polar surface area (TPSA) is 75.5 Å². The molecule has 1 aromatic heterocycles. The minimum Gasteiger partial charge on any atom is -0.491 e. The number of hydrogen-bond donors (Lipinski definition) is 2. The molecule has 7 nitrogen and oxygen atoms in total. The van der Waals surface area contributed by atoms with Crippen LogP contribution in [0.15, 0.2) is 54.6 Å². The normalized spacial score (nSPS) is 15.9. The third-order valence-corrected chi connectivity index (χ3v) is 5.09. The number of hydrogen-bond acceptors (Lipinski definition) is 6. The Hall–Kier alpha value is -2.52. The third-order valence-electron chi connectivity index (χ3n) is 4.81. The van der Waals surface area contributed by atoms with Crippen molar-refractivity contribution in [2.75, 3.05) is 39.5 Å². The van der Waals surface area contributed by atoms with Crippen LogP contribution in [-0.4, -0.2) is 70.3 Å². The molecule has 152 valence electrons. The monoisotopic (exact) mass is 412 g/mol. The summed E-state index contributed by atoms with van der Waals surface area (Å²) in [5, 5.41) is 17.5. The van der Waals surface area contributed by atoms with E-state index in [4.69, 9.17) is 21.7 Å². The van der Waals surface area contributed by atoms with Crippen molar-refractivity contribution in [1.82, 2.24) is 19.7 Å². The molecule has 1 atom stereocenters. The quantitative estimate of drug-likeness (QED) is 0.581. The van der Waals surface area contributed by atoms with Gasteiger partial charge >= 0.3 is 0 Å². The van der Waals surface area contributed by atoms with Crippen molar-refractivity contribution in [3.8, 4) is 22.8 Å². The second kappa shape index (κ2) is 9.32. The van der Waals surface area contributed by atoms with E-state index in [-0.39, 0.29) is 6.61 Å². The van der Waals surface area contributed by atoms with Crippen molar-refractivity contribution in [3.63, 3.8) is 0 Å². The van der Waals surface area contributed by atoms with Crippen LogP contribution in [0.4, 0.5) is 0 Å². The molecule has 0 aliphatic carbocycles. The van der Waals surface area contributed by atoms with Gasteiger partial charge in [-0.1, -0.05) is 18.2 Å². The molecule has 0 amide bonds. The molecule has 29 heavy (non-hydrogen) atoms. The van der Waals surface area contributed by atoms with Crippen molar-refractivity contribution >= 4 is 12.2 Å². The predicted molar refractivity (Wildman–Crippen MR) is 113 cm³/mol. The molecule has 1 aliphatic rings. The lowest BCUT2D eigenvalue weighted by Gasteiger charge is -2.28. The van der Waals surface area contributed by atoms with Gasteiger partial charge in [0.25, 0.3) is 0 Å². The van der Waals surface area contributed by atoms with E-state index in [2.05, 4.69) is 15.1 Å². The Bertz CT molecular complexity index is 966. The van der Waals surface area contributed by atoms with E-state index in [0.29, 0.717) is 17.1 Å². The Labute approximate surface area is 174 Å². The average Bonchev–Trinajstić information content (AvgIpc) is 3.15. The first-order valence-corrected chi connectivity index (χ1v) is 10.1. The van der Waals surface area contributed by atoms with Gasteiger partial charge in [0.2, 0.25) is 0 Å². The number of H-pyrrole nitrogens is 1. The summed E-state index contributed by atoms with van der Waals surface area (Å²) in [5.74, 6) is 1.44. The zero-order chi connectivity index (χ0) is 20.1. The van der Waals surface area contributed by atoms with E-state index in [1.165, 1.54) is 0 Å². The van der Waals surface area contributed by atoms with Gasteiger partial charge in [0.05, 0.1) is 13.2 Å². The van der Waals surface area contributed by atoms with Crippen molar-refractivity contribution < 1.29 is 14.6 Å². The van der Waals surface area contributed by atoms with Crippen LogP contribution in [0.3, 0.4) is 0 Å². The molecule has 1 unspecified atom stereocenters. The van der Waals surface area contributed by atoms with E-state index in [1.54, 1.807) is 0 Å². The van der Waals surface area contributed by atoms with Crippen LogP contribution < -0.4 is 4.74 Å². The highest BCUT2D eigenvalue weighted by molar-refractivity contribution is 7.71. The van der Waals surface area contributed by atoms with Gasteiger partial charge in [-0.25, -0.2) is 0 Å². The lowest BCUT2D eigenvalue weighted by atomic mass is 10.2. The van der Waals surface area contributed by atoms with Gasteiger partial charge in [0, 0.05) is 30.9 Å². The summed E-state index contributed by atoms with van der Waals surface area (Å²) in [5.41, 5.74) is 1.87. The van der Waals surface area contributed by atoms with E-state index in [1.807, 2.05) is 59.2 Å². The smallest absolute Gasteiger partial charge is 0.200 e. The molecule has 4 rings (SSSR count). The molecule has 1 aliphatic heterocycles. The Kier molecular flexibility index (Phi) is 6.36. The highest BCUT2D eigenvalue weighted by Gasteiger charge is 2.15. The van der Waals surface area contributed by atoms with Crippen molar-refractivity contribution in [2.24, 2.45) is 0 Å². The molecule has 0 spiro atoms. The van der Waals surface area contributed by atoms with Gasteiger partial charge in [0.15, 0.2) is 10.6 Å². The molecule has 1 fully saturated rings. The molecule has 8 heteroatoms. The van der Waals surface area contributed by atoms with Crippen molar-refractivity contribution in [1.29, 1.82) is 0 Å². The first kappa shape index (κ1) is 19.8. The number of benzene rings is 2. The van der Waals surface area contributed by atoms with E-state index in [0.717, 1.165) is 43.4 Å². The summed E-state index contributed by atoms with van der Waals surface area (Å²) in [7, 11) is 0. The Morgan fingerprint density at radius 1 is 1.10 bits per heavy atom. The lowest BCUT2D eigenvalue weighted by Crippen LogP contribution is -2.42. The van der Waals surface area contributed by atoms with Gasteiger partial charge in [-0.15, -0.1) is 0 Å². The number of aliphatic hydroxyl groups excluding tert-OH is 1. The number of aromatic amines is 1. The largest absolute Gasteiger partial charge is 0.491 e. The summed E-state index contributed by atoms with van der Waals surface area (Å²) in [6.45, 7) is 3.98. The summed E-state index contributed by atoms with van der Waals surface area (Å²) < 4.78 is 13.5. The number of aliphatic hydroxyl groups is 1. The fourth-order valence-corrected chi connectivity index (χ4v) is 3.57. The number of nitrogens with one attached hydrogen (secondary N) is 1. The van der Waals surface area contributed by atoms with Gasteiger partial charge in [-0.3, -0.25) is 14.6 Å². The number of para-hydroxylation sites is 1. The standard InChI is InChI=1S/C21H24N4O3S/c26-18(14-24-10-12-27-13-11-24)15-28-19-8-6-16(7-9-19)20-22-23-21(29)25(20)17-4-2-1-3-5-17/h1-9,18,26H,10-15H2,(H,23,29). The molecule has 0 bridgehead atoms. The molecule has 3 aromatic rings. The zero-order valence-electron chi connectivity index (χ0n) is 16.0. The second-order valence-corrected chi connectivity index (χ2v) is 7.31. The van der Waals surface area contributed by atoms with Gasteiger partial charge in [-0.2, -0.15) is 5.10 Å². The summed E-state index contributed by atoms with van der Waals surface area (Å²) in [6.07, 6.45) is -0.540. The second-order valence-electron chi connectivity index (χ2n) is 6.93. The van der Waals surface area contributed by atoms with Crippen LogP contribution in [0.1, 0.15) is 0 Å². The number of nitrogens with zero attached hydrogens (tertiary/aromatic N) is 3. The fourth-order valence-electron chi connectivity index (χ4n) is 3.33. The number of aromatic nitrogens is 3. The molecule has 0 radical (unpaired) electrons. The molecular weight excluding hydrogens is 388 g/mol. The Morgan fingerprint density at radius 2 is 1.83 bits per heavy atom. The number of morpholine rings is 1. The molecule has 0 saturated carbocycles. The van der Waals surface area contributed by atoms with Crippen LogP contribution in [0.2, 0.25) is 0 Å². The van der Waals surface area contributed by atoms with E-state index in [9.17, 15) is 5.11 Å². The van der Waals surface area contributed by atoms with Crippen LogP contribution in [0, 0.1) is 4.77 Å². The maximum atomic E-state index is 10.2. The molecular formula is C21H24N4O3S. The first-order chi connectivity index (χ1) is 14.2.